The summed E-state index contributed by atoms with van der Waals surface area (Å²) in [4.78, 5) is 23.4. The smallest absolute Gasteiger partial charge is 0.288 e. The first kappa shape index (κ1) is 16.8. The first-order chi connectivity index (χ1) is 11.6. The van der Waals surface area contributed by atoms with Crippen LogP contribution in [0, 0.1) is 26.9 Å². The number of nitrogens with zero attached hydrogens (tertiary/aromatic N) is 1. The van der Waals surface area contributed by atoms with Crippen molar-refractivity contribution >= 4 is 23.2 Å². The van der Waals surface area contributed by atoms with Crippen LogP contribution in [0.4, 0.5) is 5.69 Å². The minimum absolute atomic E-state index is 0.0522. The van der Waals surface area contributed by atoms with Crippen LogP contribution in [0.25, 0.3) is 0 Å². The molecule has 0 saturated heterocycles. The highest BCUT2D eigenvalue weighted by atomic mass is 35.5. The van der Waals surface area contributed by atoms with Gasteiger partial charge in [0.2, 0.25) is 0 Å². The number of hydrogen-bond donors (Lipinski definition) is 1. The molecule has 2 atom stereocenters. The number of rotatable bonds is 3. The van der Waals surface area contributed by atoms with E-state index in [1.165, 1.54) is 31.4 Å². The fraction of sp³-hybridized carbons (Fsp3) is 0.632. The first-order valence-electron chi connectivity index (χ1n) is 8.88. The SMILES string of the molecule is C[C@]12CC3CC(NC(=O)c4ccc(Cl)c([N+](=O)[O-])c4)(C1)C[C@](C)(C3)C2. The van der Waals surface area contributed by atoms with E-state index in [0.717, 1.165) is 19.3 Å². The average Bonchev–Trinajstić information content (AvgIpc) is 2.42. The molecule has 0 aromatic heterocycles. The Morgan fingerprint density at radius 1 is 1.20 bits per heavy atom. The van der Waals surface area contributed by atoms with Gasteiger partial charge in [0.25, 0.3) is 11.6 Å². The van der Waals surface area contributed by atoms with Gasteiger partial charge in [-0.25, -0.2) is 0 Å². The van der Waals surface area contributed by atoms with E-state index in [0.29, 0.717) is 22.3 Å². The number of hydrogen-bond acceptors (Lipinski definition) is 3. The fourth-order valence-electron chi connectivity index (χ4n) is 6.69. The van der Waals surface area contributed by atoms with Gasteiger partial charge in [-0.3, -0.25) is 14.9 Å². The molecule has 4 aliphatic rings. The van der Waals surface area contributed by atoms with Crippen LogP contribution in [0.1, 0.15) is 62.7 Å². The van der Waals surface area contributed by atoms with E-state index >= 15 is 0 Å². The van der Waals surface area contributed by atoms with Gasteiger partial charge in [0.05, 0.1) is 4.92 Å². The van der Waals surface area contributed by atoms with Crippen LogP contribution in [0.5, 0.6) is 0 Å². The van der Waals surface area contributed by atoms with E-state index in [-0.39, 0.29) is 22.2 Å². The highest BCUT2D eigenvalue weighted by Gasteiger charge is 2.60. The topological polar surface area (TPSA) is 72.2 Å². The summed E-state index contributed by atoms with van der Waals surface area (Å²) in [6, 6.07) is 4.27. The molecular formula is C19H23ClN2O3. The molecular weight excluding hydrogens is 340 g/mol. The molecule has 0 unspecified atom stereocenters. The van der Waals surface area contributed by atoms with Gasteiger partial charge in [-0.2, -0.15) is 0 Å². The van der Waals surface area contributed by atoms with Crippen molar-refractivity contribution < 1.29 is 9.72 Å². The highest BCUT2D eigenvalue weighted by molar-refractivity contribution is 6.32. The summed E-state index contributed by atoms with van der Waals surface area (Å²) >= 11 is 5.86. The predicted octanol–water partition coefficient (Wildman–Crippen LogP) is 4.73. The second kappa shape index (κ2) is 5.19. The largest absolute Gasteiger partial charge is 0.347 e. The number of carbonyl (C=O) groups is 1. The fourth-order valence-corrected chi connectivity index (χ4v) is 6.88. The molecule has 1 amide bonds. The van der Waals surface area contributed by atoms with Crippen molar-refractivity contribution in [2.75, 3.05) is 0 Å². The molecule has 5 nitrogen and oxygen atoms in total. The van der Waals surface area contributed by atoms with Crippen LogP contribution < -0.4 is 5.32 Å². The molecule has 4 aliphatic carbocycles. The van der Waals surface area contributed by atoms with Crippen LogP contribution in [-0.4, -0.2) is 16.4 Å². The first-order valence-corrected chi connectivity index (χ1v) is 9.25. The van der Waals surface area contributed by atoms with Crippen LogP contribution >= 0.6 is 11.6 Å². The van der Waals surface area contributed by atoms with Crippen molar-refractivity contribution in [3.8, 4) is 0 Å². The van der Waals surface area contributed by atoms with E-state index in [1.54, 1.807) is 6.07 Å². The van der Waals surface area contributed by atoms with Crippen LogP contribution in [-0.2, 0) is 0 Å². The van der Waals surface area contributed by atoms with Gasteiger partial charge in [-0.1, -0.05) is 25.4 Å². The molecule has 0 radical (unpaired) electrons. The zero-order valence-electron chi connectivity index (χ0n) is 14.6. The third kappa shape index (κ3) is 2.82. The van der Waals surface area contributed by atoms with Gasteiger partial charge >= 0.3 is 0 Å². The number of carbonyl (C=O) groups excluding carboxylic acids is 1. The maximum absolute atomic E-state index is 12.8. The van der Waals surface area contributed by atoms with Crippen molar-refractivity contribution in [1.29, 1.82) is 0 Å². The lowest BCUT2D eigenvalue weighted by Crippen LogP contribution is -2.65. The van der Waals surface area contributed by atoms with E-state index in [4.69, 9.17) is 11.6 Å². The van der Waals surface area contributed by atoms with Crippen LogP contribution in [0.3, 0.4) is 0 Å². The van der Waals surface area contributed by atoms with Crippen molar-refractivity contribution in [3.05, 3.63) is 38.9 Å². The Morgan fingerprint density at radius 3 is 2.40 bits per heavy atom. The number of benzene rings is 1. The molecule has 0 heterocycles. The lowest BCUT2D eigenvalue weighted by atomic mass is 9.43. The van der Waals surface area contributed by atoms with Crippen LogP contribution in [0.15, 0.2) is 18.2 Å². The minimum Gasteiger partial charge on any atom is -0.347 e. The second-order valence-corrected chi connectivity index (χ2v) is 9.70. The summed E-state index contributed by atoms with van der Waals surface area (Å²) in [6.45, 7) is 4.70. The van der Waals surface area contributed by atoms with Gasteiger partial charge in [0.1, 0.15) is 5.02 Å². The third-order valence-electron chi connectivity index (χ3n) is 6.41. The number of halogens is 1. The standard InChI is InChI=1S/C19H23ClN2O3/c1-17-6-12-7-18(2,9-17)11-19(8-12,10-17)21-16(23)13-3-4-14(20)15(5-13)22(24)25/h3-5,12H,6-11H2,1-2H3,(H,21,23)/t12?,17-,18-,19?/m1/s1. The molecule has 6 heteroatoms. The minimum atomic E-state index is -0.550. The number of nitro groups is 1. The van der Waals surface area contributed by atoms with E-state index in [9.17, 15) is 14.9 Å². The number of nitrogens with one attached hydrogen (secondary N) is 1. The summed E-state index contributed by atoms with van der Waals surface area (Å²) in [5, 5.41) is 14.4. The number of nitro benzene ring substituents is 1. The Bertz CT molecular complexity index is 760. The van der Waals surface area contributed by atoms with Crippen molar-refractivity contribution in [3.63, 3.8) is 0 Å². The molecule has 1 aromatic carbocycles. The highest BCUT2D eigenvalue weighted by Crippen LogP contribution is 2.66. The summed E-state index contributed by atoms with van der Waals surface area (Å²) in [7, 11) is 0. The molecule has 134 valence electrons. The van der Waals surface area contributed by atoms with E-state index in [1.807, 2.05) is 0 Å². The van der Waals surface area contributed by atoms with Gasteiger partial charge in [-0.05, 0) is 67.4 Å². The molecule has 0 aliphatic heterocycles. The molecule has 5 rings (SSSR count). The van der Waals surface area contributed by atoms with Gasteiger partial charge in [0.15, 0.2) is 0 Å². The summed E-state index contributed by atoms with van der Waals surface area (Å²) in [5.41, 5.74) is 0.510. The van der Waals surface area contributed by atoms with Crippen molar-refractivity contribution in [2.45, 2.75) is 57.9 Å². The molecule has 25 heavy (non-hydrogen) atoms. The molecule has 1 N–H and O–H groups in total. The zero-order chi connectivity index (χ0) is 18.0. The Kier molecular flexibility index (Phi) is 3.50. The monoisotopic (exact) mass is 362 g/mol. The predicted molar refractivity (Wildman–Crippen MR) is 95.7 cm³/mol. The Labute approximate surface area is 152 Å². The number of amides is 1. The van der Waals surface area contributed by atoms with Crippen LogP contribution in [0.2, 0.25) is 5.02 Å². The van der Waals surface area contributed by atoms with Crippen molar-refractivity contribution in [2.24, 2.45) is 16.7 Å². The quantitative estimate of drug-likeness (QED) is 0.624. The Morgan fingerprint density at radius 2 is 1.84 bits per heavy atom. The lowest BCUT2D eigenvalue weighted by Gasteiger charge is -2.65. The Hall–Kier alpha value is -1.62. The second-order valence-electron chi connectivity index (χ2n) is 9.29. The molecule has 4 saturated carbocycles. The van der Waals surface area contributed by atoms with Gasteiger partial charge in [-0.15, -0.1) is 0 Å². The normalized spacial score (nSPS) is 38.6. The molecule has 4 fully saturated rings. The maximum atomic E-state index is 12.8. The summed E-state index contributed by atoms with van der Waals surface area (Å²) in [6.07, 6.45) is 6.79. The summed E-state index contributed by atoms with van der Waals surface area (Å²) in [5.74, 6) is 0.444. The van der Waals surface area contributed by atoms with Gasteiger partial charge in [0, 0.05) is 17.2 Å². The molecule has 4 bridgehead atoms. The van der Waals surface area contributed by atoms with Gasteiger partial charge < -0.3 is 5.32 Å². The maximum Gasteiger partial charge on any atom is 0.288 e. The van der Waals surface area contributed by atoms with Crippen molar-refractivity contribution in [1.82, 2.24) is 5.32 Å². The average molecular weight is 363 g/mol. The zero-order valence-corrected chi connectivity index (χ0v) is 15.4. The third-order valence-corrected chi connectivity index (χ3v) is 6.73. The lowest BCUT2D eigenvalue weighted by molar-refractivity contribution is -0.384. The Balaban J connectivity index is 1.61. The molecule has 1 aromatic rings. The van der Waals surface area contributed by atoms with E-state index < -0.39 is 4.92 Å². The molecule has 0 spiro atoms. The van der Waals surface area contributed by atoms with E-state index in [2.05, 4.69) is 19.2 Å². The summed E-state index contributed by atoms with van der Waals surface area (Å²) < 4.78 is 0.